The van der Waals surface area contributed by atoms with Crippen LogP contribution in [-0.4, -0.2) is 36.1 Å². The molecule has 0 radical (unpaired) electrons. The van der Waals surface area contributed by atoms with Gasteiger partial charge in [0, 0.05) is 12.1 Å². The van der Waals surface area contributed by atoms with Crippen molar-refractivity contribution in [1.82, 2.24) is 9.88 Å². The summed E-state index contributed by atoms with van der Waals surface area (Å²) in [6, 6.07) is 4.07. The Kier molecular flexibility index (Phi) is 3.28. The molecule has 2 heterocycles. The fourth-order valence-electron chi connectivity index (χ4n) is 1.56. The molecule has 16 heavy (non-hydrogen) atoms. The maximum atomic E-state index is 8.78. The summed E-state index contributed by atoms with van der Waals surface area (Å²) in [5.41, 5.74) is 0.348. The van der Waals surface area contributed by atoms with Gasteiger partial charge in [-0.1, -0.05) is 11.6 Å². The minimum Gasteiger partial charge on any atom is -0.490 e. The molecule has 0 bridgehead atoms. The summed E-state index contributed by atoms with van der Waals surface area (Å²) in [5.74, 6) is 0.598. The van der Waals surface area contributed by atoms with Crippen LogP contribution in [0.25, 0.3) is 0 Å². The largest absolute Gasteiger partial charge is 0.490 e. The third-order valence-electron chi connectivity index (χ3n) is 2.82. The van der Waals surface area contributed by atoms with Crippen LogP contribution in [-0.2, 0) is 0 Å². The van der Waals surface area contributed by atoms with Crippen molar-refractivity contribution in [3.63, 3.8) is 0 Å². The third-order valence-corrected chi connectivity index (χ3v) is 3.12. The molecular weight excluding hydrogens is 226 g/mol. The number of ether oxygens (including phenoxy) is 1. The lowest BCUT2D eigenvalue weighted by Crippen LogP contribution is -2.48. The van der Waals surface area contributed by atoms with Gasteiger partial charge in [0.1, 0.15) is 23.6 Å². The molecule has 0 aromatic carbocycles. The Bertz CT molecular complexity index is 430. The van der Waals surface area contributed by atoms with Crippen molar-refractivity contribution in [2.75, 3.05) is 20.2 Å². The van der Waals surface area contributed by atoms with Gasteiger partial charge in [0.05, 0.1) is 11.8 Å². The highest BCUT2D eigenvalue weighted by Gasteiger charge is 2.24. The Balaban J connectivity index is 1.97. The Labute approximate surface area is 99.4 Å². The van der Waals surface area contributed by atoms with Gasteiger partial charge in [-0.15, -0.1) is 0 Å². The number of rotatable bonds is 3. The Morgan fingerprint density at radius 1 is 1.75 bits per heavy atom. The summed E-state index contributed by atoms with van der Waals surface area (Å²) < 4.78 is 5.56. The molecule has 1 atom stereocenters. The molecule has 2 rings (SSSR count). The van der Waals surface area contributed by atoms with E-state index in [0.717, 1.165) is 13.0 Å². The molecule has 0 saturated carbocycles. The van der Waals surface area contributed by atoms with E-state index >= 15 is 0 Å². The number of pyridine rings is 1. The van der Waals surface area contributed by atoms with E-state index in [9.17, 15) is 0 Å². The smallest absolute Gasteiger partial charge is 0.147 e. The zero-order chi connectivity index (χ0) is 11.5. The normalized spacial score (nSPS) is 19.9. The topological polar surface area (TPSA) is 49.1 Å². The summed E-state index contributed by atoms with van der Waals surface area (Å²) in [6.45, 7) is 1.75. The predicted molar refractivity (Wildman–Crippen MR) is 60.5 cm³/mol. The van der Waals surface area contributed by atoms with Gasteiger partial charge in [-0.3, -0.25) is 4.90 Å². The van der Waals surface area contributed by atoms with Crippen molar-refractivity contribution in [2.24, 2.45) is 0 Å². The molecule has 84 valence electrons. The molecule has 1 aromatic heterocycles. The molecule has 4 nitrogen and oxygen atoms in total. The first-order valence-corrected chi connectivity index (χ1v) is 5.47. The average Bonchev–Trinajstić information content (AvgIpc) is 2.29. The van der Waals surface area contributed by atoms with Crippen molar-refractivity contribution >= 4 is 11.6 Å². The lowest BCUT2D eigenvalue weighted by molar-refractivity contribution is 0.0767. The van der Waals surface area contributed by atoms with E-state index in [0.29, 0.717) is 24.0 Å². The van der Waals surface area contributed by atoms with E-state index in [1.54, 1.807) is 12.3 Å². The maximum Gasteiger partial charge on any atom is 0.147 e. The first-order valence-electron chi connectivity index (χ1n) is 5.09. The van der Waals surface area contributed by atoms with E-state index in [-0.39, 0.29) is 5.15 Å². The van der Waals surface area contributed by atoms with E-state index in [2.05, 4.69) is 16.9 Å². The monoisotopic (exact) mass is 237 g/mol. The van der Waals surface area contributed by atoms with Crippen molar-refractivity contribution in [1.29, 1.82) is 5.26 Å². The van der Waals surface area contributed by atoms with Gasteiger partial charge in [-0.25, -0.2) is 4.98 Å². The van der Waals surface area contributed by atoms with Gasteiger partial charge in [0.2, 0.25) is 0 Å². The molecule has 1 aromatic rings. The fourth-order valence-corrected chi connectivity index (χ4v) is 1.70. The van der Waals surface area contributed by atoms with Gasteiger partial charge >= 0.3 is 0 Å². The number of nitriles is 1. The van der Waals surface area contributed by atoms with Crippen molar-refractivity contribution < 1.29 is 4.74 Å². The SMILES string of the molecule is CN1CC[C@@H]1COc1cnc(Cl)c(C#N)c1. The van der Waals surface area contributed by atoms with Crippen LogP contribution in [0.1, 0.15) is 12.0 Å². The number of hydrogen-bond donors (Lipinski definition) is 0. The number of hydrogen-bond acceptors (Lipinski definition) is 4. The standard InChI is InChI=1S/C11H12ClN3O/c1-15-3-2-9(15)7-16-10-4-8(5-13)11(12)14-6-10/h4,6,9H,2-3,7H2,1H3/t9-/m1/s1. The zero-order valence-electron chi connectivity index (χ0n) is 8.98. The lowest BCUT2D eigenvalue weighted by Gasteiger charge is -2.37. The number of nitrogens with zero attached hydrogens (tertiary/aromatic N) is 3. The second-order valence-electron chi connectivity index (χ2n) is 3.86. The molecule has 1 fully saturated rings. The second kappa shape index (κ2) is 4.69. The average molecular weight is 238 g/mol. The van der Waals surface area contributed by atoms with E-state index < -0.39 is 0 Å². The predicted octanol–water partition coefficient (Wildman–Crippen LogP) is 1.69. The van der Waals surface area contributed by atoms with Crippen LogP contribution in [0.15, 0.2) is 12.3 Å². The van der Waals surface area contributed by atoms with Crippen molar-refractivity contribution in [3.05, 3.63) is 23.0 Å². The summed E-state index contributed by atoms with van der Waals surface area (Å²) >= 11 is 5.72. The molecule has 1 saturated heterocycles. The molecule has 1 aliphatic rings. The van der Waals surface area contributed by atoms with Crippen LogP contribution in [0.2, 0.25) is 5.15 Å². The molecule has 0 amide bonds. The van der Waals surface area contributed by atoms with Crippen LogP contribution in [0.4, 0.5) is 0 Å². The van der Waals surface area contributed by atoms with Crippen LogP contribution in [0, 0.1) is 11.3 Å². The highest BCUT2D eigenvalue weighted by Crippen LogP contribution is 2.20. The number of likely N-dealkylation sites (N-methyl/N-ethyl adjacent to an activating group) is 1. The highest BCUT2D eigenvalue weighted by molar-refractivity contribution is 6.30. The molecule has 0 N–H and O–H groups in total. The van der Waals surface area contributed by atoms with Gasteiger partial charge < -0.3 is 4.74 Å². The van der Waals surface area contributed by atoms with Gasteiger partial charge in [-0.05, 0) is 20.0 Å². The van der Waals surface area contributed by atoms with Crippen LogP contribution >= 0.6 is 11.6 Å². The van der Waals surface area contributed by atoms with Gasteiger partial charge in [-0.2, -0.15) is 5.26 Å². The summed E-state index contributed by atoms with van der Waals surface area (Å²) in [7, 11) is 2.07. The molecule has 0 spiro atoms. The Morgan fingerprint density at radius 2 is 2.56 bits per heavy atom. The molecule has 0 unspecified atom stereocenters. The number of aromatic nitrogens is 1. The number of likely N-dealkylation sites (tertiary alicyclic amines) is 1. The summed E-state index contributed by atoms with van der Waals surface area (Å²) in [5, 5.41) is 9.00. The summed E-state index contributed by atoms with van der Waals surface area (Å²) in [4.78, 5) is 6.13. The first kappa shape index (κ1) is 11.2. The van der Waals surface area contributed by atoms with Crippen LogP contribution in [0.3, 0.4) is 0 Å². The van der Waals surface area contributed by atoms with Crippen LogP contribution in [0.5, 0.6) is 5.75 Å². The van der Waals surface area contributed by atoms with Gasteiger partial charge in [0.25, 0.3) is 0 Å². The van der Waals surface area contributed by atoms with Crippen LogP contribution < -0.4 is 4.74 Å². The maximum absolute atomic E-state index is 8.78. The van der Waals surface area contributed by atoms with Crippen molar-refractivity contribution in [3.8, 4) is 11.8 Å². The van der Waals surface area contributed by atoms with E-state index in [4.69, 9.17) is 21.6 Å². The van der Waals surface area contributed by atoms with E-state index in [1.165, 1.54) is 0 Å². The number of halogens is 1. The zero-order valence-corrected chi connectivity index (χ0v) is 9.74. The molecule has 5 heteroatoms. The Morgan fingerprint density at radius 3 is 3.12 bits per heavy atom. The van der Waals surface area contributed by atoms with Crippen molar-refractivity contribution in [2.45, 2.75) is 12.5 Å². The fraction of sp³-hybridized carbons (Fsp3) is 0.455. The Hall–Kier alpha value is -1.31. The highest BCUT2D eigenvalue weighted by atomic mass is 35.5. The minimum atomic E-state index is 0.218. The molecule has 1 aliphatic heterocycles. The summed E-state index contributed by atoms with van der Waals surface area (Å²) in [6.07, 6.45) is 2.70. The molecular formula is C11H12ClN3O. The minimum absolute atomic E-state index is 0.218. The quantitative estimate of drug-likeness (QED) is 0.751. The third kappa shape index (κ3) is 2.26. The first-order chi connectivity index (χ1) is 7.70. The van der Waals surface area contributed by atoms with Gasteiger partial charge in [0.15, 0.2) is 0 Å². The lowest BCUT2D eigenvalue weighted by atomic mass is 10.1. The second-order valence-corrected chi connectivity index (χ2v) is 4.21. The molecule has 0 aliphatic carbocycles. The van der Waals surface area contributed by atoms with E-state index in [1.807, 2.05) is 6.07 Å².